The summed E-state index contributed by atoms with van der Waals surface area (Å²) in [6, 6.07) is 7.28. The van der Waals surface area contributed by atoms with Crippen LogP contribution in [0.1, 0.15) is 20.8 Å². The standard InChI is InChI=1S/C14H21NO3/c1-10(2)9-15-14(16)11(3)18-13-8-6-5-7-12(13)17-4/h5-8,10-11H,9H2,1-4H3,(H,15,16). The fraction of sp³-hybridized carbons (Fsp3) is 0.500. The fourth-order valence-corrected chi connectivity index (χ4v) is 1.41. The molecule has 4 heteroatoms. The number of ether oxygens (including phenoxy) is 2. The smallest absolute Gasteiger partial charge is 0.260 e. The van der Waals surface area contributed by atoms with Gasteiger partial charge in [0.15, 0.2) is 17.6 Å². The Balaban J connectivity index is 2.58. The molecule has 0 fully saturated rings. The van der Waals surface area contributed by atoms with Crippen molar-refractivity contribution in [1.82, 2.24) is 5.32 Å². The highest BCUT2D eigenvalue weighted by Crippen LogP contribution is 2.26. The first-order chi connectivity index (χ1) is 8.54. The minimum Gasteiger partial charge on any atom is -0.493 e. The maximum atomic E-state index is 11.8. The Hall–Kier alpha value is -1.71. The number of hydrogen-bond donors (Lipinski definition) is 1. The quantitative estimate of drug-likeness (QED) is 0.843. The van der Waals surface area contributed by atoms with E-state index in [0.29, 0.717) is 24.0 Å². The summed E-state index contributed by atoms with van der Waals surface area (Å²) in [5.41, 5.74) is 0. The van der Waals surface area contributed by atoms with Crippen LogP contribution in [0.4, 0.5) is 0 Å². The lowest BCUT2D eigenvalue weighted by atomic mass is 10.2. The van der Waals surface area contributed by atoms with E-state index in [4.69, 9.17) is 9.47 Å². The normalized spacial score (nSPS) is 12.1. The van der Waals surface area contributed by atoms with Gasteiger partial charge in [-0.05, 0) is 25.0 Å². The summed E-state index contributed by atoms with van der Waals surface area (Å²) in [5.74, 6) is 1.51. The topological polar surface area (TPSA) is 47.6 Å². The summed E-state index contributed by atoms with van der Waals surface area (Å²) in [4.78, 5) is 11.8. The lowest BCUT2D eigenvalue weighted by molar-refractivity contribution is -0.127. The van der Waals surface area contributed by atoms with Gasteiger partial charge in [0.05, 0.1) is 7.11 Å². The van der Waals surface area contributed by atoms with Crippen LogP contribution in [-0.2, 0) is 4.79 Å². The lowest BCUT2D eigenvalue weighted by Crippen LogP contribution is -2.38. The zero-order chi connectivity index (χ0) is 13.5. The number of amides is 1. The van der Waals surface area contributed by atoms with Gasteiger partial charge < -0.3 is 14.8 Å². The van der Waals surface area contributed by atoms with Crippen molar-refractivity contribution in [2.45, 2.75) is 26.9 Å². The van der Waals surface area contributed by atoms with E-state index < -0.39 is 6.10 Å². The van der Waals surface area contributed by atoms with Gasteiger partial charge in [-0.3, -0.25) is 4.79 Å². The average Bonchev–Trinajstić information content (AvgIpc) is 2.36. The van der Waals surface area contributed by atoms with Gasteiger partial charge in [0.2, 0.25) is 0 Å². The largest absolute Gasteiger partial charge is 0.493 e. The van der Waals surface area contributed by atoms with Crippen molar-refractivity contribution in [3.05, 3.63) is 24.3 Å². The molecular weight excluding hydrogens is 230 g/mol. The van der Waals surface area contributed by atoms with Gasteiger partial charge >= 0.3 is 0 Å². The van der Waals surface area contributed by atoms with Gasteiger partial charge in [0, 0.05) is 6.54 Å². The van der Waals surface area contributed by atoms with Crippen LogP contribution in [0.15, 0.2) is 24.3 Å². The van der Waals surface area contributed by atoms with Crippen LogP contribution in [0.5, 0.6) is 11.5 Å². The van der Waals surface area contributed by atoms with E-state index in [2.05, 4.69) is 5.32 Å². The minimum absolute atomic E-state index is 0.116. The van der Waals surface area contributed by atoms with E-state index in [1.165, 1.54) is 0 Å². The van der Waals surface area contributed by atoms with Crippen molar-refractivity contribution in [2.75, 3.05) is 13.7 Å². The first-order valence-corrected chi connectivity index (χ1v) is 6.12. The molecule has 1 amide bonds. The highest BCUT2D eigenvalue weighted by Gasteiger charge is 2.16. The molecule has 100 valence electrons. The molecule has 4 nitrogen and oxygen atoms in total. The predicted octanol–water partition coefficient (Wildman–Crippen LogP) is 2.23. The Kier molecular flexibility index (Phi) is 5.49. The van der Waals surface area contributed by atoms with Crippen LogP contribution in [0.3, 0.4) is 0 Å². The molecule has 1 aromatic carbocycles. The summed E-state index contributed by atoms with van der Waals surface area (Å²) in [7, 11) is 1.58. The van der Waals surface area contributed by atoms with Crippen molar-refractivity contribution < 1.29 is 14.3 Å². The molecule has 1 rings (SSSR count). The molecule has 0 bridgehead atoms. The fourth-order valence-electron chi connectivity index (χ4n) is 1.41. The van der Waals surface area contributed by atoms with E-state index in [9.17, 15) is 4.79 Å². The number of benzene rings is 1. The summed E-state index contributed by atoms with van der Waals surface area (Å²) in [6.07, 6.45) is -0.542. The van der Waals surface area contributed by atoms with Gasteiger partial charge in [-0.25, -0.2) is 0 Å². The maximum Gasteiger partial charge on any atom is 0.260 e. The van der Waals surface area contributed by atoms with Crippen molar-refractivity contribution in [3.8, 4) is 11.5 Å². The Morgan fingerprint density at radius 2 is 1.83 bits per heavy atom. The van der Waals surface area contributed by atoms with Crippen LogP contribution in [-0.4, -0.2) is 25.7 Å². The van der Waals surface area contributed by atoms with Crippen LogP contribution in [0.2, 0.25) is 0 Å². The van der Waals surface area contributed by atoms with Gasteiger partial charge in [-0.2, -0.15) is 0 Å². The van der Waals surface area contributed by atoms with E-state index in [-0.39, 0.29) is 5.91 Å². The summed E-state index contributed by atoms with van der Waals surface area (Å²) < 4.78 is 10.8. The number of carbonyl (C=O) groups excluding carboxylic acids is 1. The second kappa shape index (κ2) is 6.89. The Bertz CT molecular complexity index is 390. The van der Waals surface area contributed by atoms with Gasteiger partial charge in [-0.15, -0.1) is 0 Å². The Morgan fingerprint density at radius 3 is 2.39 bits per heavy atom. The second-order valence-corrected chi connectivity index (χ2v) is 4.55. The molecule has 18 heavy (non-hydrogen) atoms. The minimum atomic E-state index is -0.542. The molecule has 0 spiro atoms. The molecule has 1 unspecified atom stereocenters. The van der Waals surface area contributed by atoms with Crippen LogP contribution in [0.25, 0.3) is 0 Å². The molecule has 0 aromatic heterocycles. The molecule has 0 aliphatic heterocycles. The first kappa shape index (κ1) is 14.4. The summed E-state index contributed by atoms with van der Waals surface area (Å²) in [6.45, 7) is 6.47. The monoisotopic (exact) mass is 251 g/mol. The Morgan fingerprint density at radius 1 is 1.22 bits per heavy atom. The summed E-state index contributed by atoms with van der Waals surface area (Å²) in [5, 5.41) is 2.83. The molecule has 0 saturated heterocycles. The molecule has 1 atom stereocenters. The lowest BCUT2D eigenvalue weighted by Gasteiger charge is -2.17. The third-order valence-electron chi connectivity index (χ3n) is 2.43. The zero-order valence-corrected chi connectivity index (χ0v) is 11.4. The number of para-hydroxylation sites is 2. The van der Waals surface area contributed by atoms with E-state index >= 15 is 0 Å². The van der Waals surface area contributed by atoms with Crippen molar-refractivity contribution in [3.63, 3.8) is 0 Å². The average molecular weight is 251 g/mol. The van der Waals surface area contributed by atoms with Gasteiger partial charge in [-0.1, -0.05) is 26.0 Å². The molecular formula is C14H21NO3. The Labute approximate surface area is 108 Å². The van der Waals surface area contributed by atoms with Crippen molar-refractivity contribution in [2.24, 2.45) is 5.92 Å². The van der Waals surface area contributed by atoms with Gasteiger partial charge in [0.25, 0.3) is 5.91 Å². The van der Waals surface area contributed by atoms with E-state index in [1.807, 2.05) is 26.0 Å². The SMILES string of the molecule is COc1ccccc1OC(C)C(=O)NCC(C)C. The first-order valence-electron chi connectivity index (χ1n) is 6.12. The van der Waals surface area contributed by atoms with E-state index in [0.717, 1.165) is 0 Å². The molecule has 1 aromatic rings. The van der Waals surface area contributed by atoms with Crippen molar-refractivity contribution >= 4 is 5.91 Å². The van der Waals surface area contributed by atoms with Crippen LogP contribution < -0.4 is 14.8 Å². The molecule has 1 N–H and O–H groups in total. The third-order valence-corrected chi connectivity index (χ3v) is 2.43. The van der Waals surface area contributed by atoms with E-state index in [1.54, 1.807) is 26.2 Å². The highest BCUT2D eigenvalue weighted by atomic mass is 16.5. The number of rotatable bonds is 6. The number of carbonyl (C=O) groups is 1. The molecule has 0 aliphatic carbocycles. The maximum absolute atomic E-state index is 11.8. The predicted molar refractivity (Wildman–Crippen MR) is 70.9 cm³/mol. The summed E-state index contributed by atoms with van der Waals surface area (Å²) >= 11 is 0. The number of nitrogens with one attached hydrogen (secondary N) is 1. The molecule has 0 radical (unpaired) electrons. The highest BCUT2D eigenvalue weighted by molar-refractivity contribution is 5.80. The zero-order valence-electron chi connectivity index (χ0n) is 11.4. The van der Waals surface area contributed by atoms with Gasteiger partial charge in [0.1, 0.15) is 0 Å². The number of hydrogen-bond acceptors (Lipinski definition) is 3. The molecule has 0 aliphatic rings. The van der Waals surface area contributed by atoms with Crippen LogP contribution in [0, 0.1) is 5.92 Å². The second-order valence-electron chi connectivity index (χ2n) is 4.55. The molecule has 0 heterocycles. The van der Waals surface area contributed by atoms with Crippen LogP contribution >= 0.6 is 0 Å². The molecule has 0 saturated carbocycles. The third kappa shape index (κ3) is 4.28. The number of methoxy groups -OCH3 is 1. The van der Waals surface area contributed by atoms with Crippen molar-refractivity contribution in [1.29, 1.82) is 0 Å².